The van der Waals surface area contributed by atoms with E-state index in [2.05, 4.69) is 5.16 Å². The fourth-order valence-corrected chi connectivity index (χ4v) is 1.78. The van der Waals surface area contributed by atoms with E-state index in [1.165, 1.54) is 0 Å². The van der Waals surface area contributed by atoms with Gasteiger partial charge in [-0.25, -0.2) is 0 Å². The van der Waals surface area contributed by atoms with Crippen LogP contribution in [0.25, 0.3) is 0 Å². The number of nitrogens with two attached hydrogens (primary N) is 1. The van der Waals surface area contributed by atoms with Crippen molar-refractivity contribution in [2.45, 2.75) is 26.5 Å². The number of aryl methyl sites for hydroxylation is 1. The molecule has 0 fully saturated rings. The lowest BCUT2D eigenvalue weighted by Gasteiger charge is -2.14. The molecule has 1 heterocycles. The molecule has 19 heavy (non-hydrogen) atoms. The summed E-state index contributed by atoms with van der Waals surface area (Å²) in [5.41, 5.74) is 7.60. The van der Waals surface area contributed by atoms with E-state index in [1.54, 1.807) is 7.11 Å². The van der Waals surface area contributed by atoms with Crippen LogP contribution in [0.3, 0.4) is 0 Å². The number of hydrogen-bond acceptors (Lipinski definition) is 5. The molecule has 1 atom stereocenters. The van der Waals surface area contributed by atoms with Crippen LogP contribution in [0.15, 0.2) is 28.8 Å². The van der Waals surface area contributed by atoms with Gasteiger partial charge in [-0.15, -0.1) is 0 Å². The summed E-state index contributed by atoms with van der Waals surface area (Å²) in [6.07, 6.45) is 0. The number of nitrogens with zero attached hydrogens (tertiary/aromatic N) is 1. The molecule has 0 aliphatic rings. The third-order valence-corrected chi connectivity index (χ3v) is 2.76. The molecule has 0 amide bonds. The van der Waals surface area contributed by atoms with E-state index in [0.29, 0.717) is 12.4 Å². The highest BCUT2D eigenvalue weighted by molar-refractivity contribution is 5.42. The van der Waals surface area contributed by atoms with Gasteiger partial charge in [0.1, 0.15) is 29.6 Å². The van der Waals surface area contributed by atoms with Crippen molar-refractivity contribution in [3.63, 3.8) is 0 Å². The molecule has 1 aromatic heterocycles. The largest absolute Gasteiger partial charge is 0.497 e. The second-order valence-electron chi connectivity index (χ2n) is 4.41. The molecule has 0 unspecified atom stereocenters. The van der Waals surface area contributed by atoms with Crippen LogP contribution in [0, 0.1) is 6.92 Å². The zero-order valence-electron chi connectivity index (χ0n) is 11.3. The molecule has 0 aliphatic heterocycles. The molecule has 2 N–H and O–H groups in total. The fourth-order valence-electron chi connectivity index (χ4n) is 1.78. The van der Waals surface area contributed by atoms with Gasteiger partial charge in [0.05, 0.1) is 7.11 Å². The topological polar surface area (TPSA) is 70.5 Å². The average Bonchev–Trinajstić information content (AvgIpc) is 2.81. The Bertz CT molecular complexity index is 549. The summed E-state index contributed by atoms with van der Waals surface area (Å²) >= 11 is 0. The SMILES string of the molecule is COc1ccc([C@H](C)N)c(OCc2cc(C)on2)c1. The molecule has 0 saturated heterocycles. The Morgan fingerprint density at radius 2 is 2.16 bits per heavy atom. The van der Waals surface area contributed by atoms with E-state index >= 15 is 0 Å². The fraction of sp³-hybridized carbons (Fsp3) is 0.357. The highest BCUT2D eigenvalue weighted by Crippen LogP contribution is 2.29. The molecule has 0 radical (unpaired) electrons. The Morgan fingerprint density at radius 3 is 2.74 bits per heavy atom. The molecule has 0 spiro atoms. The van der Waals surface area contributed by atoms with Crippen molar-refractivity contribution in [3.8, 4) is 11.5 Å². The zero-order chi connectivity index (χ0) is 13.8. The average molecular weight is 262 g/mol. The van der Waals surface area contributed by atoms with E-state index in [1.807, 2.05) is 38.1 Å². The van der Waals surface area contributed by atoms with E-state index < -0.39 is 0 Å². The Morgan fingerprint density at radius 1 is 1.37 bits per heavy atom. The van der Waals surface area contributed by atoms with Gasteiger partial charge in [0.2, 0.25) is 0 Å². The molecule has 2 aromatic rings. The van der Waals surface area contributed by atoms with Crippen molar-refractivity contribution in [2.75, 3.05) is 7.11 Å². The van der Waals surface area contributed by atoms with Crippen LogP contribution >= 0.6 is 0 Å². The number of benzene rings is 1. The van der Waals surface area contributed by atoms with Gasteiger partial charge in [-0.3, -0.25) is 0 Å². The predicted molar refractivity (Wildman–Crippen MR) is 71.2 cm³/mol. The highest BCUT2D eigenvalue weighted by atomic mass is 16.5. The number of rotatable bonds is 5. The quantitative estimate of drug-likeness (QED) is 0.896. The first-order chi connectivity index (χ1) is 9.10. The van der Waals surface area contributed by atoms with Crippen LogP contribution in [-0.4, -0.2) is 12.3 Å². The summed E-state index contributed by atoms with van der Waals surface area (Å²) in [5, 5.41) is 3.89. The molecule has 5 heteroatoms. The molecule has 102 valence electrons. The highest BCUT2D eigenvalue weighted by Gasteiger charge is 2.11. The normalized spacial score (nSPS) is 12.2. The van der Waals surface area contributed by atoms with Gasteiger partial charge in [-0.05, 0) is 19.9 Å². The lowest BCUT2D eigenvalue weighted by molar-refractivity contribution is 0.282. The van der Waals surface area contributed by atoms with Crippen LogP contribution in [0.2, 0.25) is 0 Å². The minimum absolute atomic E-state index is 0.111. The number of hydrogen-bond donors (Lipinski definition) is 1. The van der Waals surface area contributed by atoms with Gasteiger partial charge in [0.15, 0.2) is 0 Å². The first-order valence-electron chi connectivity index (χ1n) is 6.08. The second-order valence-corrected chi connectivity index (χ2v) is 4.41. The van der Waals surface area contributed by atoms with Crippen molar-refractivity contribution in [2.24, 2.45) is 5.73 Å². The van der Waals surface area contributed by atoms with Crippen LogP contribution in [0.4, 0.5) is 0 Å². The van der Waals surface area contributed by atoms with E-state index in [0.717, 1.165) is 22.8 Å². The lowest BCUT2D eigenvalue weighted by atomic mass is 10.1. The van der Waals surface area contributed by atoms with Crippen molar-refractivity contribution in [1.29, 1.82) is 0 Å². The molecule has 0 aliphatic carbocycles. The van der Waals surface area contributed by atoms with E-state index in [9.17, 15) is 0 Å². The van der Waals surface area contributed by atoms with Crippen LogP contribution in [0.5, 0.6) is 11.5 Å². The van der Waals surface area contributed by atoms with Crippen LogP contribution in [-0.2, 0) is 6.61 Å². The minimum Gasteiger partial charge on any atom is -0.497 e. The maximum absolute atomic E-state index is 5.92. The second kappa shape index (κ2) is 5.75. The molecule has 2 rings (SSSR count). The zero-order valence-corrected chi connectivity index (χ0v) is 11.3. The Kier molecular flexibility index (Phi) is 4.06. The van der Waals surface area contributed by atoms with Gasteiger partial charge in [0.25, 0.3) is 0 Å². The van der Waals surface area contributed by atoms with Crippen molar-refractivity contribution in [3.05, 3.63) is 41.3 Å². The standard InChI is InChI=1S/C14H18N2O3/c1-9-6-11(16-19-9)8-18-14-7-12(17-3)4-5-13(14)10(2)15/h4-7,10H,8,15H2,1-3H3/t10-/m0/s1. The van der Waals surface area contributed by atoms with Crippen molar-refractivity contribution >= 4 is 0 Å². The monoisotopic (exact) mass is 262 g/mol. The summed E-state index contributed by atoms with van der Waals surface area (Å²) in [4.78, 5) is 0. The molecule has 1 aromatic carbocycles. The van der Waals surface area contributed by atoms with Crippen LogP contribution in [0.1, 0.15) is 30.0 Å². The third-order valence-electron chi connectivity index (χ3n) is 2.76. The maximum Gasteiger partial charge on any atom is 0.134 e. The molecule has 5 nitrogen and oxygen atoms in total. The first-order valence-corrected chi connectivity index (χ1v) is 6.08. The van der Waals surface area contributed by atoms with Crippen molar-refractivity contribution in [1.82, 2.24) is 5.16 Å². The molecule has 0 bridgehead atoms. The minimum atomic E-state index is -0.111. The molecular weight excluding hydrogens is 244 g/mol. The Hall–Kier alpha value is -2.01. The molecular formula is C14H18N2O3. The lowest BCUT2D eigenvalue weighted by Crippen LogP contribution is -2.08. The van der Waals surface area contributed by atoms with Crippen LogP contribution < -0.4 is 15.2 Å². The van der Waals surface area contributed by atoms with Gasteiger partial charge >= 0.3 is 0 Å². The summed E-state index contributed by atoms with van der Waals surface area (Å²) in [5.74, 6) is 2.20. The number of aromatic nitrogens is 1. The van der Waals surface area contributed by atoms with Gasteiger partial charge < -0.3 is 19.7 Å². The number of ether oxygens (including phenoxy) is 2. The van der Waals surface area contributed by atoms with Gasteiger partial charge in [-0.2, -0.15) is 0 Å². The molecule has 0 saturated carbocycles. The predicted octanol–water partition coefficient (Wildman–Crippen LogP) is 2.59. The van der Waals surface area contributed by atoms with Gasteiger partial charge in [-0.1, -0.05) is 11.2 Å². The summed E-state index contributed by atoms with van der Waals surface area (Å²) in [6, 6.07) is 7.33. The maximum atomic E-state index is 5.92. The van der Waals surface area contributed by atoms with Gasteiger partial charge in [0, 0.05) is 23.7 Å². The number of methoxy groups -OCH3 is 1. The summed E-state index contributed by atoms with van der Waals surface area (Å²) in [7, 11) is 1.62. The Labute approximate surface area is 112 Å². The third kappa shape index (κ3) is 3.26. The van der Waals surface area contributed by atoms with Crippen molar-refractivity contribution < 1.29 is 14.0 Å². The summed E-state index contributed by atoms with van der Waals surface area (Å²) < 4.78 is 15.9. The smallest absolute Gasteiger partial charge is 0.134 e. The van der Waals surface area contributed by atoms with E-state index in [-0.39, 0.29) is 6.04 Å². The Balaban J connectivity index is 2.17. The first kappa shape index (κ1) is 13.4. The summed E-state index contributed by atoms with van der Waals surface area (Å²) in [6.45, 7) is 4.09. The van der Waals surface area contributed by atoms with E-state index in [4.69, 9.17) is 19.7 Å².